The molecule has 2 heterocycles. The Morgan fingerprint density at radius 1 is 1.21 bits per heavy atom. The maximum Gasteiger partial charge on any atom is 0.226 e. The van der Waals surface area contributed by atoms with Crippen LogP contribution >= 0.6 is 23.2 Å². The number of fused-ring (bicyclic) bond motifs is 1. The summed E-state index contributed by atoms with van der Waals surface area (Å²) in [5.74, 6) is -0.00765. The van der Waals surface area contributed by atoms with Crippen LogP contribution in [0.5, 0.6) is 0 Å². The van der Waals surface area contributed by atoms with E-state index in [1.54, 1.807) is 6.20 Å². The first kappa shape index (κ1) is 12.1. The average molecular weight is 298 g/mol. The first-order valence-corrected chi connectivity index (χ1v) is 5.98. The summed E-state index contributed by atoms with van der Waals surface area (Å²) in [6.07, 6.45) is 1.54. The van der Waals surface area contributed by atoms with Crippen molar-refractivity contribution in [2.45, 2.75) is 0 Å². The van der Waals surface area contributed by atoms with E-state index < -0.39 is 5.82 Å². The van der Waals surface area contributed by atoms with Gasteiger partial charge in [-0.05, 0) is 29.8 Å². The number of aromatic amines is 1. The summed E-state index contributed by atoms with van der Waals surface area (Å²) in [5.41, 5.74) is 0.869. The lowest BCUT2D eigenvalue weighted by Crippen LogP contribution is -1.97. The zero-order valence-corrected chi connectivity index (χ0v) is 10.8. The van der Waals surface area contributed by atoms with E-state index in [0.717, 1.165) is 0 Å². The third-order valence-electron chi connectivity index (χ3n) is 2.46. The van der Waals surface area contributed by atoms with Crippen LogP contribution in [0.3, 0.4) is 0 Å². The molecular formula is C11H6Cl2FN5. The minimum absolute atomic E-state index is 0.0479. The van der Waals surface area contributed by atoms with Crippen LogP contribution in [-0.4, -0.2) is 20.2 Å². The molecule has 0 unspecified atom stereocenters. The Hall–Kier alpha value is -1.92. The fourth-order valence-electron chi connectivity index (χ4n) is 1.62. The quantitative estimate of drug-likeness (QED) is 0.710. The van der Waals surface area contributed by atoms with Gasteiger partial charge in [-0.1, -0.05) is 11.6 Å². The van der Waals surface area contributed by atoms with Crippen molar-refractivity contribution in [2.24, 2.45) is 0 Å². The molecule has 8 heteroatoms. The van der Waals surface area contributed by atoms with E-state index in [1.807, 2.05) is 0 Å². The minimum atomic E-state index is -0.407. The summed E-state index contributed by atoms with van der Waals surface area (Å²) < 4.78 is 13.2. The zero-order chi connectivity index (χ0) is 13.4. The van der Waals surface area contributed by atoms with Gasteiger partial charge in [-0.3, -0.25) is 5.10 Å². The third-order valence-corrected chi connectivity index (χ3v) is 2.96. The Kier molecular flexibility index (Phi) is 2.96. The van der Waals surface area contributed by atoms with Crippen LogP contribution in [0.2, 0.25) is 10.3 Å². The molecule has 0 aliphatic carbocycles. The monoisotopic (exact) mass is 297 g/mol. The van der Waals surface area contributed by atoms with E-state index in [9.17, 15) is 4.39 Å². The van der Waals surface area contributed by atoms with Crippen molar-refractivity contribution in [3.63, 3.8) is 0 Å². The fraction of sp³-hybridized carbons (Fsp3) is 0. The van der Waals surface area contributed by atoms with Crippen molar-refractivity contribution >= 4 is 45.7 Å². The highest BCUT2D eigenvalue weighted by Crippen LogP contribution is 2.28. The Bertz CT molecular complexity index is 758. The van der Waals surface area contributed by atoms with Gasteiger partial charge in [0, 0.05) is 0 Å². The predicted octanol–water partition coefficient (Wildman–Crippen LogP) is 3.54. The van der Waals surface area contributed by atoms with Crippen LogP contribution in [0.4, 0.5) is 15.9 Å². The molecule has 96 valence electrons. The van der Waals surface area contributed by atoms with Gasteiger partial charge in [0.15, 0.2) is 5.65 Å². The molecule has 1 aromatic carbocycles. The molecule has 3 aromatic rings. The minimum Gasteiger partial charge on any atom is -0.338 e. The fourth-order valence-corrected chi connectivity index (χ4v) is 1.96. The molecule has 19 heavy (non-hydrogen) atoms. The molecule has 0 radical (unpaired) electrons. The predicted molar refractivity (Wildman–Crippen MR) is 71.4 cm³/mol. The normalized spacial score (nSPS) is 10.9. The van der Waals surface area contributed by atoms with Crippen molar-refractivity contribution in [3.05, 3.63) is 40.5 Å². The van der Waals surface area contributed by atoms with Crippen molar-refractivity contribution in [1.29, 1.82) is 0 Å². The molecule has 2 aromatic heterocycles. The van der Waals surface area contributed by atoms with Gasteiger partial charge in [-0.15, -0.1) is 0 Å². The lowest BCUT2D eigenvalue weighted by atomic mass is 10.3. The molecule has 5 nitrogen and oxygen atoms in total. The number of anilines is 2. The van der Waals surface area contributed by atoms with Crippen molar-refractivity contribution in [3.8, 4) is 0 Å². The first-order chi connectivity index (χ1) is 9.13. The molecule has 0 bridgehead atoms. The van der Waals surface area contributed by atoms with Crippen molar-refractivity contribution in [2.75, 3.05) is 5.32 Å². The highest BCUT2D eigenvalue weighted by atomic mass is 35.5. The maximum absolute atomic E-state index is 13.2. The largest absolute Gasteiger partial charge is 0.338 e. The number of rotatable bonds is 2. The summed E-state index contributed by atoms with van der Waals surface area (Å²) in [7, 11) is 0. The van der Waals surface area contributed by atoms with Gasteiger partial charge in [-0.2, -0.15) is 15.1 Å². The molecule has 0 saturated heterocycles. The molecule has 0 fully saturated rings. The van der Waals surface area contributed by atoms with Crippen molar-refractivity contribution in [1.82, 2.24) is 20.2 Å². The standard InChI is InChI=1S/C11H6Cl2FN5/c12-7-2-1-5(14)3-8(7)16-9-6-4-15-19-10(6)18-11(13)17-9/h1-4H,(H2,15,16,17,18,19). The Balaban J connectivity index is 2.10. The number of nitrogens with zero attached hydrogens (tertiary/aromatic N) is 3. The number of hydrogen-bond acceptors (Lipinski definition) is 4. The third kappa shape index (κ3) is 2.32. The number of benzene rings is 1. The SMILES string of the molecule is Fc1ccc(Cl)c(Nc2nc(Cl)nc3[nH]ncc23)c1. The summed E-state index contributed by atoms with van der Waals surface area (Å²) in [4.78, 5) is 8.01. The van der Waals surface area contributed by atoms with Gasteiger partial charge in [0.05, 0.1) is 22.3 Å². The van der Waals surface area contributed by atoms with Gasteiger partial charge in [0.25, 0.3) is 0 Å². The topological polar surface area (TPSA) is 66.5 Å². The number of aromatic nitrogens is 4. The average Bonchev–Trinajstić information content (AvgIpc) is 2.82. The summed E-state index contributed by atoms with van der Waals surface area (Å²) in [5, 5.41) is 10.5. The number of halogens is 3. The highest BCUT2D eigenvalue weighted by Gasteiger charge is 2.10. The van der Waals surface area contributed by atoms with Crippen LogP contribution in [-0.2, 0) is 0 Å². The Labute approximate surface area is 116 Å². The van der Waals surface area contributed by atoms with E-state index in [-0.39, 0.29) is 5.28 Å². The highest BCUT2D eigenvalue weighted by molar-refractivity contribution is 6.33. The van der Waals surface area contributed by atoms with Gasteiger partial charge in [0.1, 0.15) is 11.6 Å². The van der Waals surface area contributed by atoms with Gasteiger partial charge in [-0.25, -0.2) is 4.39 Å². The van der Waals surface area contributed by atoms with E-state index in [0.29, 0.717) is 27.6 Å². The van der Waals surface area contributed by atoms with Crippen LogP contribution in [0.25, 0.3) is 11.0 Å². The number of hydrogen-bond donors (Lipinski definition) is 2. The molecule has 0 saturated carbocycles. The van der Waals surface area contributed by atoms with Crippen LogP contribution in [0.1, 0.15) is 0 Å². The second-order valence-corrected chi connectivity index (χ2v) is 4.47. The molecule has 0 aliphatic heterocycles. The lowest BCUT2D eigenvalue weighted by Gasteiger charge is -2.08. The molecule has 3 rings (SSSR count). The molecule has 0 amide bonds. The van der Waals surface area contributed by atoms with E-state index in [4.69, 9.17) is 23.2 Å². The second kappa shape index (κ2) is 4.64. The maximum atomic E-state index is 13.2. The van der Waals surface area contributed by atoms with Crippen molar-refractivity contribution < 1.29 is 4.39 Å². The van der Waals surface area contributed by atoms with E-state index >= 15 is 0 Å². The summed E-state index contributed by atoms with van der Waals surface area (Å²) in [6.45, 7) is 0. The molecule has 0 aliphatic rings. The molecule has 0 spiro atoms. The van der Waals surface area contributed by atoms with Crippen LogP contribution < -0.4 is 5.32 Å². The second-order valence-electron chi connectivity index (χ2n) is 3.72. The van der Waals surface area contributed by atoms with Crippen LogP contribution in [0.15, 0.2) is 24.4 Å². The van der Waals surface area contributed by atoms with E-state index in [1.165, 1.54) is 18.2 Å². The van der Waals surface area contributed by atoms with Gasteiger partial charge in [0.2, 0.25) is 5.28 Å². The summed E-state index contributed by atoms with van der Waals surface area (Å²) in [6, 6.07) is 3.99. The Morgan fingerprint density at radius 3 is 2.89 bits per heavy atom. The number of H-pyrrole nitrogens is 1. The smallest absolute Gasteiger partial charge is 0.226 e. The summed E-state index contributed by atoms with van der Waals surface area (Å²) >= 11 is 11.8. The van der Waals surface area contributed by atoms with Gasteiger partial charge < -0.3 is 5.32 Å². The van der Waals surface area contributed by atoms with Gasteiger partial charge >= 0.3 is 0 Å². The number of nitrogens with one attached hydrogen (secondary N) is 2. The lowest BCUT2D eigenvalue weighted by molar-refractivity contribution is 0.628. The molecular weight excluding hydrogens is 292 g/mol. The Morgan fingerprint density at radius 2 is 2.05 bits per heavy atom. The molecule has 0 atom stereocenters. The first-order valence-electron chi connectivity index (χ1n) is 5.22. The van der Waals surface area contributed by atoms with Crippen LogP contribution in [0, 0.1) is 5.82 Å². The van der Waals surface area contributed by atoms with E-state index in [2.05, 4.69) is 25.5 Å². The zero-order valence-electron chi connectivity index (χ0n) is 9.28. The molecule has 2 N–H and O–H groups in total.